The van der Waals surface area contributed by atoms with E-state index in [2.05, 4.69) is 10.3 Å². The van der Waals surface area contributed by atoms with Crippen molar-refractivity contribution < 1.29 is 18.0 Å². The molecule has 0 aliphatic carbocycles. The Bertz CT molecular complexity index is 890. The lowest BCUT2D eigenvalue weighted by atomic mass is 10.1. The van der Waals surface area contributed by atoms with E-state index >= 15 is 0 Å². The maximum Gasteiger partial charge on any atom is 0.418 e. The summed E-state index contributed by atoms with van der Waals surface area (Å²) in [7, 11) is 1.56. The molecule has 0 bridgehead atoms. The number of hydrogen-bond acceptors (Lipinski definition) is 3. The van der Waals surface area contributed by atoms with Crippen LogP contribution in [0.25, 0.3) is 5.69 Å². The molecule has 0 atom stereocenters. The van der Waals surface area contributed by atoms with Crippen LogP contribution in [-0.4, -0.2) is 27.9 Å². The van der Waals surface area contributed by atoms with Crippen molar-refractivity contribution in [2.45, 2.75) is 6.18 Å². The van der Waals surface area contributed by atoms with Crippen molar-refractivity contribution in [1.29, 1.82) is 0 Å². The second kappa shape index (κ2) is 6.39. The minimum absolute atomic E-state index is 0.0525. The third-order valence-corrected chi connectivity index (χ3v) is 3.62. The normalized spacial score (nSPS) is 11.4. The molecule has 0 fully saturated rings. The number of amides is 1. The first-order chi connectivity index (χ1) is 11.9. The highest BCUT2D eigenvalue weighted by Crippen LogP contribution is 2.33. The monoisotopic (exact) mass is 346 g/mol. The van der Waals surface area contributed by atoms with E-state index in [0.29, 0.717) is 5.69 Å². The smallest absolute Gasteiger partial charge is 0.310 e. The summed E-state index contributed by atoms with van der Waals surface area (Å²) >= 11 is 0. The fourth-order valence-corrected chi connectivity index (χ4v) is 2.33. The molecule has 0 radical (unpaired) electrons. The molecule has 0 aliphatic heterocycles. The summed E-state index contributed by atoms with van der Waals surface area (Å²) in [5.41, 5.74) is -0.458. The van der Waals surface area contributed by atoms with Crippen LogP contribution in [0.15, 0.2) is 60.8 Å². The Labute approximate surface area is 141 Å². The first kappa shape index (κ1) is 16.7. The SMILES string of the molecule is CN(C(=O)c1cn(-c2ccccc2C(F)(F)F)nn1)c1ccccc1. The van der Waals surface area contributed by atoms with Crippen molar-refractivity contribution in [3.63, 3.8) is 0 Å². The van der Waals surface area contributed by atoms with Crippen LogP contribution in [0.4, 0.5) is 18.9 Å². The first-order valence-electron chi connectivity index (χ1n) is 7.30. The van der Waals surface area contributed by atoms with Crippen LogP contribution in [0.1, 0.15) is 16.1 Å². The molecular formula is C17H13F3N4O. The van der Waals surface area contributed by atoms with Crippen molar-refractivity contribution in [3.05, 3.63) is 72.1 Å². The molecule has 2 aromatic carbocycles. The Hall–Kier alpha value is -3.16. The van der Waals surface area contributed by atoms with Gasteiger partial charge < -0.3 is 4.90 Å². The highest BCUT2D eigenvalue weighted by Gasteiger charge is 2.34. The number of alkyl halides is 3. The molecular weight excluding hydrogens is 333 g/mol. The molecule has 128 valence electrons. The zero-order valence-electron chi connectivity index (χ0n) is 13.1. The Balaban J connectivity index is 1.93. The van der Waals surface area contributed by atoms with Gasteiger partial charge in [0.2, 0.25) is 0 Å². The second-order valence-corrected chi connectivity index (χ2v) is 5.26. The van der Waals surface area contributed by atoms with E-state index < -0.39 is 17.6 Å². The van der Waals surface area contributed by atoms with E-state index in [9.17, 15) is 18.0 Å². The molecule has 3 aromatic rings. The Morgan fingerprint density at radius 2 is 1.68 bits per heavy atom. The van der Waals surface area contributed by atoms with Gasteiger partial charge in [-0.25, -0.2) is 4.68 Å². The molecule has 0 spiro atoms. The lowest BCUT2D eigenvalue weighted by molar-refractivity contribution is -0.137. The van der Waals surface area contributed by atoms with Gasteiger partial charge in [0.15, 0.2) is 5.69 Å². The molecule has 25 heavy (non-hydrogen) atoms. The third kappa shape index (κ3) is 3.37. The molecule has 8 heteroatoms. The molecule has 0 saturated carbocycles. The van der Waals surface area contributed by atoms with Crippen molar-refractivity contribution >= 4 is 11.6 Å². The predicted molar refractivity (Wildman–Crippen MR) is 85.5 cm³/mol. The summed E-state index contributed by atoms with van der Waals surface area (Å²) < 4.78 is 40.3. The standard InChI is InChI=1S/C17H13F3N4O/c1-23(12-7-3-2-4-8-12)16(25)14-11-24(22-21-14)15-10-6-5-9-13(15)17(18,19)20/h2-11H,1H3. The van der Waals surface area contributed by atoms with Crippen LogP contribution in [0.5, 0.6) is 0 Å². The number of nitrogens with zero attached hydrogens (tertiary/aromatic N) is 4. The minimum Gasteiger partial charge on any atom is -0.310 e. The molecule has 1 heterocycles. The van der Waals surface area contributed by atoms with E-state index in [4.69, 9.17) is 0 Å². The van der Waals surface area contributed by atoms with Crippen molar-refractivity contribution in [3.8, 4) is 5.69 Å². The third-order valence-electron chi connectivity index (χ3n) is 3.62. The molecule has 3 rings (SSSR count). The number of aromatic nitrogens is 3. The molecule has 0 N–H and O–H groups in total. The molecule has 0 unspecified atom stereocenters. The van der Waals surface area contributed by atoms with Gasteiger partial charge in [-0.2, -0.15) is 13.2 Å². The van der Waals surface area contributed by atoms with Gasteiger partial charge in [-0.1, -0.05) is 35.5 Å². The van der Waals surface area contributed by atoms with E-state index in [1.165, 1.54) is 29.3 Å². The van der Waals surface area contributed by atoms with E-state index in [1.807, 2.05) is 6.07 Å². The van der Waals surface area contributed by atoms with Gasteiger partial charge >= 0.3 is 6.18 Å². The van der Waals surface area contributed by atoms with Crippen LogP contribution >= 0.6 is 0 Å². The molecule has 1 amide bonds. The zero-order chi connectivity index (χ0) is 18.0. The number of carbonyl (C=O) groups is 1. The maximum atomic E-state index is 13.1. The summed E-state index contributed by atoms with van der Waals surface area (Å²) in [5.74, 6) is -0.470. The topological polar surface area (TPSA) is 51.0 Å². The fourth-order valence-electron chi connectivity index (χ4n) is 2.33. The van der Waals surface area contributed by atoms with Gasteiger partial charge in [-0.15, -0.1) is 5.10 Å². The number of carbonyl (C=O) groups excluding carboxylic acids is 1. The highest BCUT2D eigenvalue weighted by molar-refractivity contribution is 6.04. The van der Waals surface area contributed by atoms with E-state index in [-0.39, 0.29) is 11.4 Å². The number of hydrogen-bond donors (Lipinski definition) is 0. The number of benzene rings is 2. The summed E-state index contributed by atoms with van der Waals surface area (Å²) in [6.45, 7) is 0. The van der Waals surface area contributed by atoms with E-state index in [1.54, 1.807) is 31.3 Å². The van der Waals surface area contributed by atoms with Crippen LogP contribution in [0.3, 0.4) is 0 Å². The van der Waals surface area contributed by atoms with Gasteiger partial charge in [0.25, 0.3) is 5.91 Å². The summed E-state index contributed by atoms with van der Waals surface area (Å²) in [6, 6.07) is 13.8. The molecule has 5 nitrogen and oxygen atoms in total. The average Bonchev–Trinajstić information content (AvgIpc) is 3.10. The minimum atomic E-state index is -4.53. The van der Waals surface area contributed by atoms with Gasteiger partial charge in [0.05, 0.1) is 17.4 Å². The van der Waals surface area contributed by atoms with Crippen molar-refractivity contribution in [1.82, 2.24) is 15.0 Å². The Morgan fingerprint density at radius 3 is 2.36 bits per heavy atom. The van der Waals surface area contributed by atoms with Gasteiger partial charge in [0.1, 0.15) is 0 Å². The van der Waals surface area contributed by atoms with E-state index in [0.717, 1.165) is 10.7 Å². The maximum absolute atomic E-state index is 13.1. The first-order valence-corrected chi connectivity index (χ1v) is 7.30. The summed E-state index contributed by atoms with van der Waals surface area (Å²) in [5, 5.41) is 7.39. The zero-order valence-corrected chi connectivity index (χ0v) is 13.1. The van der Waals surface area contributed by atoms with Gasteiger partial charge in [0, 0.05) is 12.7 Å². The van der Waals surface area contributed by atoms with Gasteiger partial charge in [-0.05, 0) is 24.3 Å². The lowest BCUT2D eigenvalue weighted by Gasteiger charge is -2.15. The molecule has 0 aliphatic rings. The number of rotatable bonds is 3. The van der Waals surface area contributed by atoms with Crippen LogP contribution in [0, 0.1) is 0 Å². The summed E-state index contributed by atoms with van der Waals surface area (Å²) in [6.07, 6.45) is -3.35. The largest absolute Gasteiger partial charge is 0.418 e. The fraction of sp³-hybridized carbons (Fsp3) is 0.118. The quantitative estimate of drug-likeness (QED) is 0.729. The molecule has 1 aromatic heterocycles. The van der Waals surface area contributed by atoms with Crippen LogP contribution in [0.2, 0.25) is 0 Å². The van der Waals surface area contributed by atoms with Crippen LogP contribution < -0.4 is 4.90 Å². The van der Waals surface area contributed by atoms with Gasteiger partial charge in [-0.3, -0.25) is 4.79 Å². The highest BCUT2D eigenvalue weighted by atomic mass is 19.4. The number of anilines is 1. The van der Waals surface area contributed by atoms with Crippen LogP contribution in [-0.2, 0) is 6.18 Å². The lowest BCUT2D eigenvalue weighted by Crippen LogP contribution is -2.26. The second-order valence-electron chi connectivity index (χ2n) is 5.26. The Kier molecular flexibility index (Phi) is 4.26. The number of para-hydroxylation sites is 2. The molecule has 0 saturated heterocycles. The predicted octanol–water partition coefficient (Wildman–Crippen LogP) is 3.56. The summed E-state index contributed by atoms with van der Waals surface area (Å²) in [4.78, 5) is 13.8. The number of halogens is 3. The average molecular weight is 346 g/mol. The van der Waals surface area contributed by atoms with Crippen molar-refractivity contribution in [2.75, 3.05) is 11.9 Å². The van der Waals surface area contributed by atoms with Crippen molar-refractivity contribution in [2.24, 2.45) is 0 Å². The Morgan fingerprint density at radius 1 is 1.04 bits per heavy atom.